The van der Waals surface area contributed by atoms with Crippen LogP contribution in [0, 0.1) is 0 Å². The molecule has 2 unspecified atom stereocenters. The fourth-order valence-corrected chi connectivity index (χ4v) is 4.06. The third-order valence-corrected chi connectivity index (χ3v) is 5.15. The van der Waals surface area contributed by atoms with Gasteiger partial charge < -0.3 is 5.32 Å². The summed E-state index contributed by atoms with van der Waals surface area (Å²) in [5.41, 5.74) is 3.10. The van der Waals surface area contributed by atoms with Crippen LogP contribution in [0.3, 0.4) is 0 Å². The van der Waals surface area contributed by atoms with Crippen LogP contribution in [-0.4, -0.2) is 17.5 Å². The summed E-state index contributed by atoms with van der Waals surface area (Å²) in [6.07, 6.45) is 5.37. The highest BCUT2D eigenvalue weighted by Gasteiger charge is 2.23. The third kappa shape index (κ3) is 2.14. The van der Waals surface area contributed by atoms with Crippen molar-refractivity contribution in [1.82, 2.24) is 5.32 Å². The molecule has 1 N–H and O–H groups in total. The fourth-order valence-electron chi connectivity index (χ4n) is 2.85. The summed E-state index contributed by atoms with van der Waals surface area (Å²) in [6.45, 7) is 1.20. The second-order valence-electron chi connectivity index (χ2n) is 4.83. The molecule has 1 saturated heterocycles. The monoisotopic (exact) mass is 233 g/mol. The van der Waals surface area contributed by atoms with E-state index in [0.29, 0.717) is 6.04 Å². The Morgan fingerprint density at radius 1 is 1.25 bits per heavy atom. The van der Waals surface area contributed by atoms with Crippen molar-refractivity contribution in [3.63, 3.8) is 0 Å². The normalized spacial score (nSPS) is 28.2. The van der Waals surface area contributed by atoms with Gasteiger partial charge in [-0.25, -0.2) is 0 Å². The lowest BCUT2D eigenvalue weighted by Crippen LogP contribution is -2.26. The molecule has 0 bridgehead atoms. The number of benzene rings is 1. The summed E-state index contributed by atoms with van der Waals surface area (Å²) in [7, 11) is 0. The molecule has 3 rings (SSSR count). The minimum atomic E-state index is 0.623. The quantitative estimate of drug-likeness (QED) is 0.860. The van der Waals surface area contributed by atoms with Crippen LogP contribution in [0.4, 0.5) is 0 Å². The lowest BCUT2D eigenvalue weighted by molar-refractivity contribution is 0.522. The van der Waals surface area contributed by atoms with E-state index in [-0.39, 0.29) is 0 Å². The predicted octanol–water partition coefficient (Wildman–Crippen LogP) is 3.16. The van der Waals surface area contributed by atoms with Crippen LogP contribution in [0.5, 0.6) is 0 Å². The van der Waals surface area contributed by atoms with E-state index in [1.807, 2.05) is 0 Å². The number of aryl methyl sites for hydroxylation is 1. The molecule has 1 nitrogen and oxygen atoms in total. The number of rotatable bonds is 3. The van der Waals surface area contributed by atoms with Gasteiger partial charge in [0.15, 0.2) is 0 Å². The molecule has 2 heteroatoms. The zero-order chi connectivity index (χ0) is 10.8. The van der Waals surface area contributed by atoms with E-state index in [1.165, 1.54) is 38.0 Å². The number of hydrogen-bond acceptors (Lipinski definition) is 2. The maximum Gasteiger partial charge on any atom is 0.0326 e. The Bertz CT molecular complexity index is 358. The van der Waals surface area contributed by atoms with Crippen molar-refractivity contribution in [1.29, 1.82) is 0 Å². The van der Waals surface area contributed by atoms with E-state index >= 15 is 0 Å². The van der Waals surface area contributed by atoms with Gasteiger partial charge in [-0.15, -0.1) is 0 Å². The Morgan fingerprint density at radius 3 is 3.06 bits per heavy atom. The fraction of sp³-hybridized carbons (Fsp3) is 0.571. The molecule has 0 radical (unpaired) electrons. The van der Waals surface area contributed by atoms with Crippen LogP contribution < -0.4 is 5.32 Å². The molecular weight excluding hydrogens is 214 g/mol. The van der Waals surface area contributed by atoms with Gasteiger partial charge in [0.05, 0.1) is 0 Å². The van der Waals surface area contributed by atoms with Crippen LogP contribution in [-0.2, 0) is 6.42 Å². The topological polar surface area (TPSA) is 12.0 Å². The van der Waals surface area contributed by atoms with E-state index in [0.717, 1.165) is 5.25 Å². The zero-order valence-electron chi connectivity index (χ0n) is 9.61. The molecule has 1 aromatic rings. The van der Waals surface area contributed by atoms with Gasteiger partial charge in [0, 0.05) is 17.8 Å². The number of fused-ring (bicyclic) bond motifs is 1. The lowest BCUT2D eigenvalue weighted by atomic mass is 10.1. The first-order chi connectivity index (χ1) is 7.93. The van der Waals surface area contributed by atoms with Gasteiger partial charge in [0.2, 0.25) is 0 Å². The first kappa shape index (κ1) is 10.7. The lowest BCUT2D eigenvalue weighted by Gasteiger charge is -2.16. The molecule has 0 spiro atoms. The van der Waals surface area contributed by atoms with Crippen LogP contribution in [0.2, 0.25) is 0 Å². The van der Waals surface area contributed by atoms with Crippen LogP contribution in [0.1, 0.15) is 36.4 Å². The van der Waals surface area contributed by atoms with Crippen molar-refractivity contribution in [3.05, 3.63) is 35.4 Å². The van der Waals surface area contributed by atoms with Gasteiger partial charge in [-0.3, -0.25) is 0 Å². The van der Waals surface area contributed by atoms with Crippen molar-refractivity contribution in [2.75, 3.05) is 12.3 Å². The summed E-state index contributed by atoms with van der Waals surface area (Å²) < 4.78 is 0. The molecule has 0 aromatic heterocycles. The van der Waals surface area contributed by atoms with Crippen molar-refractivity contribution in [3.8, 4) is 0 Å². The van der Waals surface area contributed by atoms with Crippen LogP contribution in [0.15, 0.2) is 24.3 Å². The Balaban J connectivity index is 1.60. The van der Waals surface area contributed by atoms with E-state index in [2.05, 4.69) is 41.3 Å². The van der Waals surface area contributed by atoms with Crippen molar-refractivity contribution < 1.29 is 0 Å². The van der Waals surface area contributed by atoms with Crippen molar-refractivity contribution >= 4 is 11.8 Å². The molecule has 2 aliphatic rings. The first-order valence-corrected chi connectivity index (χ1v) is 7.41. The zero-order valence-corrected chi connectivity index (χ0v) is 10.4. The van der Waals surface area contributed by atoms with E-state index in [9.17, 15) is 0 Å². The average molecular weight is 233 g/mol. The Morgan fingerprint density at radius 2 is 2.19 bits per heavy atom. The van der Waals surface area contributed by atoms with E-state index < -0.39 is 0 Å². The number of thioether (sulfide) groups is 1. The Labute approximate surface area is 102 Å². The highest BCUT2D eigenvalue weighted by molar-refractivity contribution is 8.00. The van der Waals surface area contributed by atoms with Gasteiger partial charge >= 0.3 is 0 Å². The maximum atomic E-state index is 3.76. The van der Waals surface area contributed by atoms with Gasteiger partial charge in [-0.05, 0) is 42.6 Å². The first-order valence-electron chi connectivity index (χ1n) is 6.36. The number of hydrogen-bond donors (Lipinski definition) is 1. The summed E-state index contributed by atoms with van der Waals surface area (Å²) in [5.74, 6) is 1.37. The van der Waals surface area contributed by atoms with Gasteiger partial charge in [-0.1, -0.05) is 24.3 Å². The second kappa shape index (κ2) is 4.80. The van der Waals surface area contributed by atoms with E-state index in [4.69, 9.17) is 0 Å². The molecule has 1 aliphatic heterocycles. The summed E-state index contributed by atoms with van der Waals surface area (Å²) in [4.78, 5) is 0. The summed E-state index contributed by atoms with van der Waals surface area (Å²) in [5, 5.41) is 4.63. The SMILES string of the molecule is c1ccc2c(c1)CCC2NCC1CCCS1. The number of nitrogens with one attached hydrogen (secondary N) is 1. The molecule has 86 valence electrons. The van der Waals surface area contributed by atoms with E-state index in [1.54, 1.807) is 11.1 Å². The predicted molar refractivity (Wildman–Crippen MR) is 71.0 cm³/mol. The highest BCUT2D eigenvalue weighted by atomic mass is 32.2. The minimum absolute atomic E-state index is 0.623. The summed E-state index contributed by atoms with van der Waals surface area (Å²) in [6, 6.07) is 9.53. The van der Waals surface area contributed by atoms with Crippen molar-refractivity contribution in [2.45, 2.75) is 37.0 Å². The second-order valence-corrected chi connectivity index (χ2v) is 6.24. The van der Waals surface area contributed by atoms with Gasteiger partial charge in [-0.2, -0.15) is 11.8 Å². The van der Waals surface area contributed by atoms with Crippen molar-refractivity contribution in [2.24, 2.45) is 0 Å². The largest absolute Gasteiger partial charge is 0.309 e. The van der Waals surface area contributed by atoms with Crippen LogP contribution in [0.25, 0.3) is 0 Å². The molecule has 1 aromatic carbocycles. The molecule has 1 fully saturated rings. The van der Waals surface area contributed by atoms with Crippen LogP contribution >= 0.6 is 11.8 Å². The minimum Gasteiger partial charge on any atom is -0.309 e. The van der Waals surface area contributed by atoms with Gasteiger partial charge in [0.25, 0.3) is 0 Å². The molecular formula is C14H19NS. The molecule has 0 amide bonds. The third-order valence-electron chi connectivity index (χ3n) is 3.75. The maximum absolute atomic E-state index is 3.76. The molecule has 0 saturated carbocycles. The summed E-state index contributed by atoms with van der Waals surface area (Å²) >= 11 is 2.14. The van der Waals surface area contributed by atoms with Gasteiger partial charge in [0.1, 0.15) is 0 Å². The highest BCUT2D eigenvalue weighted by Crippen LogP contribution is 2.32. The standard InChI is InChI=1S/C14H19NS/c1-2-6-13-11(4-1)7-8-14(13)15-10-12-5-3-9-16-12/h1-2,4,6,12,14-15H,3,5,7-10H2. The Kier molecular flexibility index (Phi) is 3.20. The molecule has 2 atom stereocenters. The molecule has 1 heterocycles. The Hall–Kier alpha value is -0.470. The smallest absolute Gasteiger partial charge is 0.0326 e. The molecule has 16 heavy (non-hydrogen) atoms. The average Bonchev–Trinajstić information content (AvgIpc) is 2.96. The molecule has 1 aliphatic carbocycles.